The number of hydrogen-bond donors (Lipinski definition) is 0. The number of rotatable bonds is 4. The van der Waals surface area contributed by atoms with Crippen molar-refractivity contribution in [2.24, 2.45) is 13.0 Å². The van der Waals surface area contributed by atoms with Crippen LogP contribution in [0.25, 0.3) is 0 Å². The monoisotopic (exact) mass is 321 g/mol. The molecule has 3 rings (SSSR count). The van der Waals surface area contributed by atoms with Crippen molar-refractivity contribution < 1.29 is 9.18 Å². The number of nitrogens with zero attached hydrogens (tertiary/aromatic N) is 3. The Balaban J connectivity index is 1.78. The van der Waals surface area contributed by atoms with E-state index in [0.29, 0.717) is 11.6 Å². The number of amides is 1. The molecular weight excluding hydrogens is 305 g/mol. The zero-order valence-electron chi connectivity index (χ0n) is 12.5. The molecule has 0 N–H and O–H groups in total. The van der Waals surface area contributed by atoms with Gasteiger partial charge in [-0.3, -0.25) is 9.48 Å². The van der Waals surface area contributed by atoms with E-state index in [4.69, 9.17) is 11.6 Å². The number of anilines is 1. The van der Waals surface area contributed by atoms with Gasteiger partial charge < -0.3 is 4.90 Å². The quantitative estimate of drug-likeness (QED) is 0.866. The second-order valence-electron chi connectivity index (χ2n) is 5.57. The molecule has 1 aliphatic rings. The molecule has 0 radical (unpaired) electrons. The van der Waals surface area contributed by atoms with Gasteiger partial charge in [-0.15, -0.1) is 0 Å². The minimum atomic E-state index is -0.471. The Morgan fingerprint density at radius 2 is 2.32 bits per heavy atom. The van der Waals surface area contributed by atoms with Gasteiger partial charge in [0.05, 0.1) is 11.9 Å². The minimum Gasteiger partial charge on any atom is -0.310 e. The van der Waals surface area contributed by atoms with Crippen LogP contribution in [0, 0.1) is 11.7 Å². The first kappa shape index (κ1) is 15.0. The Morgan fingerprint density at radius 3 is 2.91 bits per heavy atom. The van der Waals surface area contributed by atoms with Gasteiger partial charge >= 0.3 is 0 Å². The Morgan fingerprint density at radius 1 is 1.55 bits per heavy atom. The van der Waals surface area contributed by atoms with Crippen molar-refractivity contribution in [2.45, 2.75) is 19.3 Å². The average Bonchev–Trinajstić information content (AvgIpc) is 3.16. The lowest BCUT2D eigenvalue weighted by Gasteiger charge is -2.22. The summed E-state index contributed by atoms with van der Waals surface area (Å²) in [5.41, 5.74) is 1.35. The van der Waals surface area contributed by atoms with E-state index in [2.05, 4.69) is 5.10 Å². The van der Waals surface area contributed by atoms with Crippen LogP contribution in [0.3, 0.4) is 0 Å². The van der Waals surface area contributed by atoms with Crippen molar-refractivity contribution in [1.82, 2.24) is 9.78 Å². The van der Waals surface area contributed by atoms with Crippen molar-refractivity contribution in [3.8, 4) is 0 Å². The van der Waals surface area contributed by atoms with Gasteiger partial charge in [0.15, 0.2) is 0 Å². The van der Waals surface area contributed by atoms with Crippen LogP contribution in [0.1, 0.15) is 24.8 Å². The van der Waals surface area contributed by atoms with Crippen LogP contribution in [0.2, 0.25) is 5.02 Å². The number of hydrogen-bond acceptors (Lipinski definition) is 2. The van der Waals surface area contributed by atoms with Gasteiger partial charge in [0.25, 0.3) is 0 Å². The first-order valence-corrected chi connectivity index (χ1v) is 7.64. The molecule has 1 aromatic heterocycles. The van der Waals surface area contributed by atoms with Crippen LogP contribution in [0.4, 0.5) is 10.1 Å². The van der Waals surface area contributed by atoms with Gasteiger partial charge in [0.1, 0.15) is 5.82 Å². The second kappa shape index (κ2) is 5.72. The SMILES string of the molecule is CCN(C(=O)C1CC1c1cnn(C)c1)c1ccc(Cl)cc1F. The molecular formula is C16H17ClFN3O. The van der Waals surface area contributed by atoms with E-state index in [0.717, 1.165) is 12.0 Å². The van der Waals surface area contributed by atoms with E-state index in [9.17, 15) is 9.18 Å². The molecule has 0 bridgehead atoms. The van der Waals surface area contributed by atoms with Crippen molar-refractivity contribution in [3.63, 3.8) is 0 Å². The maximum absolute atomic E-state index is 14.1. The van der Waals surface area contributed by atoms with Crippen LogP contribution in [-0.4, -0.2) is 22.2 Å². The molecule has 116 valence electrons. The molecule has 0 saturated heterocycles. The minimum absolute atomic E-state index is 0.0439. The van der Waals surface area contributed by atoms with Crippen molar-refractivity contribution in [3.05, 3.63) is 47.0 Å². The Labute approximate surface area is 133 Å². The fourth-order valence-corrected chi connectivity index (χ4v) is 2.97. The highest BCUT2D eigenvalue weighted by molar-refractivity contribution is 6.30. The van der Waals surface area contributed by atoms with Gasteiger partial charge in [-0.2, -0.15) is 5.10 Å². The number of carbonyl (C=O) groups is 1. The van der Waals surface area contributed by atoms with E-state index < -0.39 is 5.82 Å². The summed E-state index contributed by atoms with van der Waals surface area (Å²) in [4.78, 5) is 14.2. The molecule has 1 aliphatic carbocycles. The van der Waals surface area contributed by atoms with E-state index in [1.54, 1.807) is 23.0 Å². The molecule has 0 aliphatic heterocycles. The lowest BCUT2D eigenvalue weighted by atomic mass is 10.1. The molecule has 2 atom stereocenters. The van der Waals surface area contributed by atoms with Gasteiger partial charge in [-0.1, -0.05) is 11.6 Å². The smallest absolute Gasteiger partial charge is 0.230 e. The highest BCUT2D eigenvalue weighted by Crippen LogP contribution is 2.48. The van der Waals surface area contributed by atoms with Crippen LogP contribution < -0.4 is 4.90 Å². The third-order valence-corrected chi connectivity index (χ3v) is 4.28. The summed E-state index contributed by atoms with van der Waals surface area (Å²) >= 11 is 5.77. The van der Waals surface area contributed by atoms with Crippen LogP contribution in [-0.2, 0) is 11.8 Å². The standard InChI is InChI=1S/C16H17ClFN3O/c1-3-21(15-5-4-11(17)6-14(15)18)16(22)13-7-12(13)10-8-19-20(2)9-10/h4-6,8-9,12-13H,3,7H2,1-2H3. The normalized spacial score (nSPS) is 20.0. The number of halogens is 2. The van der Waals surface area contributed by atoms with E-state index in [-0.39, 0.29) is 23.4 Å². The van der Waals surface area contributed by atoms with Crippen LogP contribution in [0.15, 0.2) is 30.6 Å². The number of aromatic nitrogens is 2. The molecule has 0 spiro atoms. The molecule has 2 unspecified atom stereocenters. The molecule has 22 heavy (non-hydrogen) atoms. The molecule has 6 heteroatoms. The topological polar surface area (TPSA) is 38.1 Å². The summed E-state index contributed by atoms with van der Waals surface area (Å²) in [6.07, 6.45) is 4.50. The number of benzene rings is 1. The maximum Gasteiger partial charge on any atom is 0.230 e. The van der Waals surface area contributed by atoms with Gasteiger partial charge in [-0.05, 0) is 43.0 Å². The summed E-state index contributed by atoms with van der Waals surface area (Å²) in [6.45, 7) is 2.26. The molecule has 2 aromatic rings. The lowest BCUT2D eigenvalue weighted by molar-refractivity contribution is -0.119. The molecule has 1 saturated carbocycles. The fraction of sp³-hybridized carbons (Fsp3) is 0.375. The summed E-state index contributed by atoms with van der Waals surface area (Å²) in [7, 11) is 1.85. The summed E-state index contributed by atoms with van der Waals surface area (Å²) in [5.74, 6) is -0.427. The first-order valence-electron chi connectivity index (χ1n) is 7.26. The third kappa shape index (κ3) is 2.73. The predicted octanol–water partition coefficient (Wildman–Crippen LogP) is 3.37. The zero-order chi connectivity index (χ0) is 15.9. The zero-order valence-corrected chi connectivity index (χ0v) is 13.2. The summed E-state index contributed by atoms with van der Waals surface area (Å²) < 4.78 is 15.8. The van der Waals surface area contributed by atoms with Gasteiger partial charge in [0, 0.05) is 30.7 Å². The second-order valence-corrected chi connectivity index (χ2v) is 6.01. The van der Waals surface area contributed by atoms with Crippen LogP contribution in [0.5, 0.6) is 0 Å². The fourth-order valence-electron chi connectivity index (χ4n) is 2.81. The average molecular weight is 322 g/mol. The van der Waals surface area contributed by atoms with E-state index in [1.165, 1.54) is 11.0 Å². The summed E-state index contributed by atoms with van der Waals surface area (Å²) in [5, 5.41) is 4.46. The molecule has 1 aromatic carbocycles. The van der Waals surface area contributed by atoms with Crippen molar-refractivity contribution in [2.75, 3.05) is 11.4 Å². The first-order chi connectivity index (χ1) is 10.5. The van der Waals surface area contributed by atoms with E-state index >= 15 is 0 Å². The molecule has 1 amide bonds. The lowest BCUT2D eigenvalue weighted by Crippen LogP contribution is -2.33. The number of aryl methyl sites for hydroxylation is 1. The Kier molecular flexibility index (Phi) is 3.91. The largest absolute Gasteiger partial charge is 0.310 e. The highest BCUT2D eigenvalue weighted by atomic mass is 35.5. The third-order valence-electron chi connectivity index (χ3n) is 4.04. The summed E-state index contributed by atoms with van der Waals surface area (Å²) in [6, 6.07) is 4.39. The highest BCUT2D eigenvalue weighted by Gasteiger charge is 2.46. The number of carbonyl (C=O) groups excluding carboxylic acids is 1. The molecule has 4 nitrogen and oxygen atoms in total. The van der Waals surface area contributed by atoms with E-state index in [1.807, 2.05) is 20.2 Å². The molecule has 1 fully saturated rings. The van der Waals surface area contributed by atoms with Crippen molar-refractivity contribution in [1.29, 1.82) is 0 Å². The van der Waals surface area contributed by atoms with Crippen molar-refractivity contribution >= 4 is 23.2 Å². The Bertz CT molecular complexity index is 715. The Hall–Kier alpha value is -1.88. The maximum atomic E-state index is 14.1. The van der Waals surface area contributed by atoms with Crippen LogP contribution >= 0.6 is 11.6 Å². The predicted molar refractivity (Wildman–Crippen MR) is 83.5 cm³/mol. The van der Waals surface area contributed by atoms with Gasteiger partial charge in [0.2, 0.25) is 5.91 Å². The molecule has 1 heterocycles. The van der Waals surface area contributed by atoms with Gasteiger partial charge in [-0.25, -0.2) is 4.39 Å².